The molecular formula is C18H14N4O2S. The summed E-state index contributed by atoms with van der Waals surface area (Å²) in [4.78, 5) is 4.51. The van der Waals surface area contributed by atoms with Gasteiger partial charge in [0, 0.05) is 0 Å². The Morgan fingerprint density at radius 3 is 2.64 bits per heavy atom. The van der Waals surface area contributed by atoms with E-state index in [-0.39, 0.29) is 23.9 Å². The van der Waals surface area contributed by atoms with Crippen molar-refractivity contribution in [2.24, 2.45) is 5.10 Å². The summed E-state index contributed by atoms with van der Waals surface area (Å²) in [6.07, 6.45) is 1.59. The average molecular weight is 350 g/mol. The maximum Gasteiger partial charge on any atom is 0.155 e. The molecule has 0 aliphatic carbocycles. The molecular weight excluding hydrogens is 336 g/mol. The number of aliphatic hydroxyl groups excluding tert-OH is 1. The molecule has 0 radical (unpaired) electrons. The van der Waals surface area contributed by atoms with Crippen molar-refractivity contribution in [1.29, 1.82) is 5.41 Å². The molecule has 25 heavy (non-hydrogen) atoms. The van der Waals surface area contributed by atoms with Crippen molar-refractivity contribution in [3.05, 3.63) is 64.9 Å². The zero-order valence-corrected chi connectivity index (χ0v) is 13.9. The van der Waals surface area contributed by atoms with Gasteiger partial charge in [-0.3, -0.25) is 5.41 Å². The van der Waals surface area contributed by atoms with Crippen LogP contribution in [0, 0.1) is 5.41 Å². The number of benzene rings is 2. The molecule has 1 aliphatic rings. The maximum absolute atomic E-state index is 10.3. The number of aromatic nitrogens is 1. The van der Waals surface area contributed by atoms with Gasteiger partial charge in [0.2, 0.25) is 0 Å². The van der Waals surface area contributed by atoms with Crippen LogP contribution in [-0.4, -0.2) is 38.8 Å². The third kappa shape index (κ3) is 2.85. The van der Waals surface area contributed by atoms with Crippen molar-refractivity contribution in [2.75, 3.05) is 6.54 Å². The van der Waals surface area contributed by atoms with Crippen LogP contribution in [0.5, 0.6) is 5.75 Å². The van der Waals surface area contributed by atoms with E-state index in [9.17, 15) is 10.2 Å². The number of amidine groups is 1. The number of thiazole rings is 1. The second-order valence-electron chi connectivity index (χ2n) is 5.55. The van der Waals surface area contributed by atoms with E-state index in [1.54, 1.807) is 30.5 Å². The number of rotatable bonds is 3. The van der Waals surface area contributed by atoms with Crippen molar-refractivity contribution >= 4 is 39.2 Å². The summed E-state index contributed by atoms with van der Waals surface area (Å²) in [5.74, 6) is 0.391. The lowest BCUT2D eigenvalue weighted by Gasteiger charge is -2.11. The largest absolute Gasteiger partial charge is 0.509 e. The Morgan fingerprint density at radius 2 is 1.88 bits per heavy atom. The molecule has 0 amide bonds. The molecule has 124 valence electrons. The first-order valence-electron chi connectivity index (χ1n) is 7.59. The lowest BCUT2D eigenvalue weighted by molar-refractivity contribution is 0.358. The molecule has 0 saturated heterocycles. The Kier molecular flexibility index (Phi) is 3.70. The van der Waals surface area contributed by atoms with Crippen molar-refractivity contribution in [3.8, 4) is 5.75 Å². The Hall–Kier alpha value is -3.19. The van der Waals surface area contributed by atoms with E-state index in [0.29, 0.717) is 10.6 Å². The Bertz CT molecular complexity index is 988. The van der Waals surface area contributed by atoms with Gasteiger partial charge in [-0.05, 0) is 42.0 Å². The summed E-state index contributed by atoms with van der Waals surface area (Å²) >= 11 is 1.44. The standard InChI is InChI=1S/C18H14N4O2S/c19-17-16(18-21-13-3-1-2-4-15(13)25-18)14(24)10-22(17)20-9-11-5-7-12(23)8-6-11/h1-9,19,23-24H,10H2/b19-17?,20-9-. The number of aliphatic hydroxyl groups is 1. The number of hydrogen-bond donors (Lipinski definition) is 3. The van der Waals surface area contributed by atoms with Crippen LogP contribution in [0.2, 0.25) is 0 Å². The van der Waals surface area contributed by atoms with Crippen LogP contribution < -0.4 is 0 Å². The minimum atomic E-state index is 0.0897. The van der Waals surface area contributed by atoms with Crippen molar-refractivity contribution < 1.29 is 10.2 Å². The molecule has 0 spiro atoms. The Balaban J connectivity index is 1.59. The number of phenols is 1. The van der Waals surface area contributed by atoms with Crippen LogP contribution in [0.3, 0.4) is 0 Å². The highest BCUT2D eigenvalue weighted by atomic mass is 32.1. The predicted molar refractivity (Wildman–Crippen MR) is 99.3 cm³/mol. The highest BCUT2D eigenvalue weighted by Gasteiger charge is 2.30. The zero-order chi connectivity index (χ0) is 17.4. The van der Waals surface area contributed by atoms with Gasteiger partial charge in [0.15, 0.2) is 5.84 Å². The summed E-state index contributed by atoms with van der Waals surface area (Å²) in [7, 11) is 0. The van der Waals surface area contributed by atoms with Crippen LogP contribution in [0.25, 0.3) is 15.8 Å². The fourth-order valence-electron chi connectivity index (χ4n) is 2.56. The van der Waals surface area contributed by atoms with Gasteiger partial charge in [-0.1, -0.05) is 12.1 Å². The molecule has 0 fully saturated rings. The first-order valence-corrected chi connectivity index (χ1v) is 8.41. The molecule has 0 atom stereocenters. The van der Waals surface area contributed by atoms with Gasteiger partial charge in [-0.25, -0.2) is 9.99 Å². The highest BCUT2D eigenvalue weighted by Crippen LogP contribution is 2.33. The Morgan fingerprint density at radius 1 is 1.12 bits per heavy atom. The van der Waals surface area contributed by atoms with E-state index in [1.165, 1.54) is 16.3 Å². The first-order chi connectivity index (χ1) is 12.1. The van der Waals surface area contributed by atoms with Crippen molar-refractivity contribution in [2.45, 2.75) is 0 Å². The monoisotopic (exact) mass is 350 g/mol. The van der Waals surface area contributed by atoms with E-state index in [0.717, 1.165) is 15.8 Å². The van der Waals surface area contributed by atoms with Crippen molar-refractivity contribution in [1.82, 2.24) is 9.99 Å². The zero-order valence-electron chi connectivity index (χ0n) is 13.0. The Labute approximate surface area is 147 Å². The normalized spacial score (nSPS) is 15.0. The molecule has 2 aromatic carbocycles. The van der Waals surface area contributed by atoms with Gasteiger partial charge < -0.3 is 10.2 Å². The molecule has 4 rings (SSSR count). The average Bonchev–Trinajstić information content (AvgIpc) is 3.14. The molecule has 0 unspecified atom stereocenters. The number of para-hydroxylation sites is 1. The van der Waals surface area contributed by atoms with E-state index in [4.69, 9.17) is 5.41 Å². The van der Waals surface area contributed by atoms with Gasteiger partial charge >= 0.3 is 0 Å². The lowest BCUT2D eigenvalue weighted by atomic mass is 10.2. The van der Waals surface area contributed by atoms with Crippen LogP contribution in [0.15, 0.2) is 59.4 Å². The van der Waals surface area contributed by atoms with Gasteiger partial charge in [0.1, 0.15) is 23.1 Å². The second-order valence-corrected chi connectivity index (χ2v) is 6.58. The number of phenolic OH excluding ortho intramolecular Hbond substituents is 1. The number of nitrogens with one attached hydrogen (secondary N) is 1. The topological polar surface area (TPSA) is 92.8 Å². The van der Waals surface area contributed by atoms with E-state index >= 15 is 0 Å². The molecule has 3 aromatic rings. The number of nitrogens with zero attached hydrogens (tertiary/aromatic N) is 3. The van der Waals surface area contributed by atoms with E-state index in [2.05, 4.69) is 10.1 Å². The van der Waals surface area contributed by atoms with E-state index in [1.807, 2.05) is 24.3 Å². The second kappa shape index (κ2) is 6.03. The molecule has 0 saturated carbocycles. The summed E-state index contributed by atoms with van der Waals surface area (Å²) in [5, 5.41) is 34.2. The van der Waals surface area contributed by atoms with Gasteiger partial charge in [-0.15, -0.1) is 11.3 Å². The van der Waals surface area contributed by atoms with Crippen LogP contribution in [0.1, 0.15) is 10.6 Å². The molecule has 0 bridgehead atoms. The minimum Gasteiger partial charge on any atom is -0.509 e. The van der Waals surface area contributed by atoms with Gasteiger partial charge in [0.05, 0.1) is 22.0 Å². The summed E-state index contributed by atoms with van der Waals surface area (Å²) < 4.78 is 1.01. The third-order valence-electron chi connectivity index (χ3n) is 3.83. The SMILES string of the molecule is N=C1C(c2nc3ccccc3s2)=C(O)CN1/N=C\c1ccc(O)cc1. The molecule has 1 aromatic heterocycles. The van der Waals surface area contributed by atoms with Crippen molar-refractivity contribution in [3.63, 3.8) is 0 Å². The maximum atomic E-state index is 10.3. The summed E-state index contributed by atoms with van der Waals surface area (Å²) in [6.45, 7) is 0.138. The van der Waals surface area contributed by atoms with E-state index < -0.39 is 0 Å². The highest BCUT2D eigenvalue weighted by molar-refractivity contribution is 7.19. The number of fused-ring (bicyclic) bond motifs is 1. The summed E-state index contributed by atoms with van der Waals surface area (Å²) in [6, 6.07) is 14.3. The lowest BCUT2D eigenvalue weighted by Crippen LogP contribution is -2.20. The van der Waals surface area contributed by atoms with Gasteiger partial charge in [0.25, 0.3) is 0 Å². The quantitative estimate of drug-likeness (QED) is 0.629. The molecule has 2 heterocycles. The molecule has 1 aliphatic heterocycles. The minimum absolute atomic E-state index is 0.0897. The molecule has 7 heteroatoms. The summed E-state index contributed by atoms with van der Waals surface area (Å²) in [5.41, 5.74) is 2.06. The van der Waals surface area contributed by atoms with Gasteiger partial charge in [-0.2, -0.15) is 5.10 Å². The number of hydrogen-bond acceptors (Lipinski definition) is 6. The fraction of sp³-hybridized carbons (Fsp3) is 0.0556. The smallest absolute Gasteiger partial charge is 0.155 e. The van der Waals surface area contributed by atoms with Crippen LogP contribution in [0.4, 0.5) is 0 Å². The fourth-order valence-corrected chi connectivity index (χ4v) is 3.60. The third-order valence-corrected chi connectivity index (χ3v) is 4.88. The number of aromatic hydroxyl groups is 1. The predicted octanol–water partition coefficient (Wildman–Crippen LogP) is 3.60. The first kappa shape index (κ1) is 15.3. The van der Waals surface area contributed by atoms with Crippen LogP contribution >= 0.6 is 11.3 Å². The molecule has 6 nitrogen and oxygen atoms in total. The molecule has 3 N–H and O–H groups in total. The number of hydrazone groups is 1. The van der Waals surface area contributed by atoms with Crippen LogP contribution in [-0.2, 0) is 0 Å².